The Morgan fingerprint density at radius 3 is 2.89 bits per heavy atom. The number of nitrogens with zero attached hydrogens (tertiary/aromatic N) is 3. The summed E-state index contributed by atoms with van der Waals surface area (Å²) in [7, 11) is 0. The highest BCUT2D eigenvalue weighted by atomic mass is 15.3. The monoisotopic (exact) mass is 257 g/mol. The average molecular weight is 257 g/mol. The molecule has 2 aliphatic carbocycles. The molecule has 0 spiro atoms. The molecule has 2 saturated carbocycles. The summed E-state index contributed by atoms with van der Waals surface area (Å²) in [4.78, 5) is 4.68. The molecular weight excluding hydrogens is 238 g/mol. The van der Waals surface area contributed by atoms with Gasteiger partial charge in [0.15, 0.2) is 5.65 Å². The highest BCUT2D eigenvalue weighted by Gasteiger charge is 2.27. The zero-order chi connectivity index (χ0) is 12.8. The molecular formula is C14H19N5. The number of hydrogen-bond acceptors (Lipinski definition) is 4. The van der Waals surface area contributed by atoms with Crippen LogP contribution in [0.15, 0.2) is 18.3 Å². The quantitative estimate of drug-likeness (QED) is 0.881. The predicted octanol–water partition coefficient (Wildman–Crippen LogP) is 1.90. The average Bonchev–Trinajstić information content (AvgIpc) is 3.00. The molecule has 19 heavy (non-hydrogen) atoms. The Labute approximate surface area is 112 Å². The minimum atomic E-state index is 0.343. The lowest BCUT2D eigenvalue weighted by atomic mass is 10.2. The van der Waals surface area contributed by atoms with E-state index in [1.54, 1.807) is 0 Å². The summed E-state index contributed by atoms with van der Waals surface area (Å²) in [5, 5.41) is 7.96. The van der Waals surface area contributed by atoms with Crippen molar-refractivity contribution in [2.24, 2.45) is 5.73 Å². The molecule has 0 amide bonds. The van der Waals surface area contributed by atoms with Crippen molar-refractivity contribution < 1.29 is 0 Å². The minimum Gasteiger partial charge on any atom is -0.367 e. The zero-order valence-electron chi connectivity index (χ0n) is 10.9. The first-order chi connectivity index (χ1) is 9.29. The molecule has 5 heteroatoms. The standard InChI is InChI=1S/C14H19N5/c15-10-3-4-11(7-10)17-14-8-12(9-1-2-9)18-13-5-6-16-19(13)14/h5-6,8-11,17H,1-4,7,15H2/t10-,11-/m0/s1. The van der Waals surface area contributed by atoms with Gasteiger partial charge in [0.05, 0.1) is 6.20 Å². The SMILES string of the molecule is N[C@H]1CC[C@H](Nc2cc(C3CC3)nc3ccnn23)C1. The third-order valence-corrected chi connectivity index (χ3v) is 4.20. The summed E-state index contributed by atoms with van der Waals surface area (Å²) in [5.41, 5.74) is 8.13. The Bertz CT molecular complexity index is 601. The second-order valence-corrected chi connectivity index (χ2v) is 5.86. The van der Waals surface area contributed by atoms with Gasteiger partial charge in [0.25, 0.3) is 0 Å². The molecule has 4 rings (SSSR count). The van der Waals surface area contributed by atoms with Gasteiger partial charge in [-0.3, -0.25) is 0 Å². The van der Waals surface area contributed by atoms with Crippen molar-refractivity contribution in [3.63, 3.8) is 0 Å². The third-order valence-electron chi connectivity index (χ3n) is 4.20. The molecule has 100 valence electrons. The van der Waals surface area contributed by atoms with Gasteiger partial charge in [-0.25, -0.2) is 4.98 Å². The van der Waals surface area contributed by atoms with Crippen molar-refractivity contribution in [2.75, 3.05) is 5.32 Å². The van der Waals surface area contributed by atoms with Crippen LogP contribution in [-0.2, 0) is 0 Å². The minimum absolute atomic E-state index is 0.343. The van der Waals surface area contributed by atoms with E-state index in [1.165, 1.54) is 18.5 Å². The number of nitrogens with one attached hydrogen (secondary N) is 1. The van der Waals surface area contributed by atoms with E-state index in [9.17, 15) is 0 Å². The van der Waals surface area contributed by atoms with Crippen LogP contribution in [0.5, 0.6) is 0 Å². The van der Waals surface area contributed by atoms with Crippen LogP contribution in [-0.4, -0.2) is 26.7 Å². The Kier molecular flexibility index (Phi) is 2.48. The van der Waals surface area contributed by atoms with E-state index in [-0.39, 0.29) is 0 Å². The van der Waals surface area contributed by atoms with Gasteiger partial charge in [-0.05, 0) is 32.1 Å². The van der Waals surface area contributed by atoms with Crippen LogP contribution in [0.4, 0.5) is 5.82 Å². The molecule has 2 atom stereocenters. The smallest absolute Gasteiger partial charge is 0.157 e. The van der Waals surface area contributed by atoms with Gasteiger partial charge >= 0.3 is 0 Å². The molecule has 2 aromatic heterocycles. The number of hydrogen-bond donors (Lipinski definition) is 2. The van der Waals surface area contributed by atoms with Crippen LogP contribution >= 0.6 is 0 Å². The molecule has 0 bridgehead atoms. The van der Waals surface area contributed by atoms with E-state index >= 15 is 0 Å². The number of nitrogens with two attached hydrogens (primary N) is 1. The topological polar surface area (TPSA) is 68.2 Å². The van der Waals surface area contributed by atoms with Crippen molar-refractivity contribution in [1.29, 1.82) is 0 Å². The third kappa shape index (κ3) is 2.08. The fourth-order valence-corrected chi connectivity index (χ4v) is 2.98. The van der Waals surface area contributed by atoms with Crippen LogP contribution in [0, 0.1) is 0 Å². The van der Waals surface area contributed by atoms with E-state index < -0.39 is 0 Å². The summed E-state index contributed by atoms with van der Waals surface area (Å²) >= 11 is 0. The number of aromatic nitrogens is 3. The molecule has 2 fully saturated rings. The van der Waals surface area contributed by atoms with Crippen LogP contribution in [0.1, 0.15) is 43.7 Å². The van der Waals surface area contributed by atoms with Gasteiger partial charge in [-0.15, -0.1) is 0 Å². The normalized spacial score (nSPS) is 27.0. The van der Waals surface area contributed by atoms with E-state index in [2.05, 4.69) is 21.5 Å². The molecule has 0 radical (unpaired) electrons. The van der Waals surface area contributed by atoms with E-state index in [0.717, 1.165) is 30.7 Å². The highest BCUT2D eigenvalue weighted by molar-refractivity contribution is 5.50. The first kappa shape index (κ1) is 11.2. The summed E-state index contributed by atoms with van der Waals surface area (Å²) in [6, 6.07) is 4.95. The molecule has 3 N–H and O–H groups in total. The van der Waals surface area contributed by atoms with Gasteiger partial charge in [-0.2, -0.15) is 9.61 Å². The Hall–Kier alpha value is -1.62. The first-order valence-corrected chi connectivity index (χ1v) is 7.16. The Balaban J connectivity index is 1.68. The summed E-state index contributed by atoms with van der Waals surface area (Å²) < 4.78 is 1.90. The maximum absolute atomic E-state index is 5.98. The van der Waals surface area contributed by atoms with Crippen LogP contribution in [0.2, 0.25) is 0 Å². The number of fused-ring (bicyclic) bond motifs is 1. The van der Waals surface area contributed by atoms with Gasteiger partial charge in [0.1, 0.15) is 5.82 Å². The van der Waals surface area contributed by atoms with Crippen molar-refractivity contribution in [3.05, 3.63) is 24.0 Å². The van der Waals surface area contributed by atoms with Crippen molar-refractivity contribution >= 4 is 11.5 Å². The Morgan fingerprint density at radius 2 is 2.16 bits per heavy atom. The predicted molar refractivity (Wildman–Crippen MR) is 74.2 cm³/mol. The molecule has 0 unspecified atom stereocenters. The summed E-state index contributed by atoms with van der Waals surface area (Å²) in [5.74, 6) is 1.72. The lowest BCUT2D eigenvalue weighted by Crippen LogP contribution is -2.22. The molecule has 0 aliphatic heterocycles. The fourth-order valence-electron chi connectivity index (χ4n) is 2.98. The fraction of sp³-hybridized carbons (Fsp3) is 0.571. The van der Waals surface area contributed by atoms with Gasteiger partial charge in [-0.1, -0.05) is 0 Å². The maximum Gasteiger partial charge on any atom is 0.157 e. The molecule has 2 heterocycles. The second kappa shape index (κ2) is 4.20. The van der Waals surface area contributed by atoms with E-state index in [1.807, 2.05) is 16.8 Å². The lowest BCUT2D eigenvalue weighted by molar-refractivity contribution is 0.684. The van der Waals surface area contributed by atoms with Crippen LogP contribution in [0.25, 0.3) is 5.65 Å². The maximum atomic E-state index is 5.98. The summed E-state index contributed by atoms with van der Waals surface area (Å²) in [6.45, 7) is 0. The second-order valence-electron chi connectivity index (χ2n) is 5.86. The molecule has 2 aromatic rings. The number of anilines is 1. The van der Waals surface area contributed by atoms with Crippen molar-refractivity contribution in [2.45, 2.75) is 50.1 Å². The lowest BCUT2D eigenvalue weighted by Gasteiger charge is -2.15. The largest absolute Gasteiger partial charge is 0.367 e. The highest BCUT2D eigenvalue weighted by Crippen LogP contribution is 2.40. The van der Waals surface area contributed by atoms with Crippen molar-refractivity contribution in [1.82, 2.24) is 14.6 Å². The van der Waals surface area contributed by atoms with E-state index in [4.69, 9.17) is 5.73 Å². The Morgan fingerprint density at radius 1 is 1.26 bits per heavy atom. The zero-order valence-corrected chi connectivity index (χ0v) is 10.9. The van der Waals surface area contributed by atoms with Crippen LogP contribution in [0.3, 0.4) is 0 Å². The molecule has 0 aromatic carbocycles. The van der Waals surface area contributed by atoms with Gasteiger partial charge < -0.3 is 11.1 Å². The summed E-state index contributed by atoms with van der Waals surface area (Å²) in [6.07, 6.45) is 7.65. The number of rotatable bonds is 3. The van der Waals surface area contributed by atoms with Crippen molar-refractivity contribution in [3.8, 4) is 0 Å². The molecule has 2 aliphatic rings. The van der Waals surface area contributed by atoms with Gasteiger partial charge in [0, 0.05) is 35.8 Å². The molecule has 0 saturated heterocycles. The first-order valence-electron chi connectivity index (χ1n) is 7.16. The van der Waals surface area contributed by atoms with Crippen LogP contribution < -0.4 is 11.1 Å². The van der Waals surface area contributed by atoms with E-state index in [0.29, 0.717) is 18.0 Å². The molecule has 5 nitrogen and oxygen atoms in total. The van der Waals surface area contributed by atoms with Gasteiger partial charge in [0.2, 0.25) is 0 Å².